The molecule has 2 N–H and O–H groups in total. The number of alkyl carbamates (subject to hydrolysis) is 1. The molecule has 1 aromatic carbocycles. The summed E-state index contributed by atoms with van der Waals surface area (Å²) in [4.78, 5) is 36.5. The fraction of sp³-hybridized carbons (Fsp3) is 0.316. The molecule has 0 saturated carbocycles. The minimum absolute atomic E-state index is 0.0531. The molecular formula is C19H20FN3O6S2. The Balaban J connectivity index is 1.75. The summed E-state index contributed by atoms with van der Waals surface area (Å²) in [5.41, 5.74) is 0.0531. The minimum Gasteiger partial charge on any atom is -0.450 e. The minimum atomic E-state index is -4.01. The molecule has 12 heteroatoms. The second kappa shape index (κ2) is 9.54. The molecular weight excluding hydrogens is 449 g/mol. The number of benzene rings is 1. The molecule has 3 rings (SSSR count). The predicted molar refractivity (Wildman–Crippen MR) is 111 cm³/mol. The summed E-state index contributed by atoms with van der Waals surface area (Å²) in [7, 11) is -4.01. The third kappa shape index (κ3) is 5.09. The molecule has 2 aromatic rings. The van der Waals surface area contributed by atoms with Crippen LogP contribution in [0.2, 0.25) is 0 Å². The van der Waals surface area contributed by atoms with Crippen LogP contribution in [0.4, 0.5) is 14.2 Å². The van der Waals surface area contributed by atoms with Crippen molar-refractivity contribution in [3.05, 3.63) is 47.1 Å². The first-order valence-corrected chi connectivity index (χ1v) is 11.7. The molecule has 3 amide bonds. The van der Waals surface area contributed by atoms with Gasteiger partial charge in [0.15, 0.2) is 0 Å². The van der Waals surface area contributed by atoms with Crippen molar-refractivity contribution in [3.63, 3.8) is 0 Å². The largest absolute Gasteiger partial charge is 0.450 e. The monoisotopic (exact) mass is 469 g/mol. The van der Waals surface area contributed by atoms with E-state index in [0.29, 0.717) is 12.8 Å². The van der Waals surface area contributed by atoms with Crippen LogP contribution >= 0.6 is 11.3 Å². The van der Waals surface area contributed by atoms with Crippen molar-refractivity contribution >= 4 is 44.3 Å². The molecule has 2 heterocycles. The number of hydrogen-bond donors (Lipinski definition) is 2. The average Bonchev–Trinajstić information content (AvgIpc) is 3.38. The van der Waals surface area contributed by atoms with Crippen molar-refractivity contribution in [1.29, 1.82) is 0 Å². The van der Waals surface area contributed by atoms with Gasteiger partial charge in [0.05, 0.1) is 17.1 Å². The maximum absolute atomic E-state index is 13.2. The van der Waals surface area contributed by atoms with E-state index in [4.69, 9.17) is 0 Å². The zero-order chi connectivity index (χ0) is 22.6. The summed E-state index contributed by atoms with van der Waals surface area (Å²) in [6.07, 6.45) is -0.149. The first-order chi connectivity index (χ1) is 14.7. The molecule has 0 radical (unpaired) electrons. The average molecular weight is 470 g/mol. The van der Waals surface area contributed by atoms with Crippen molar-refractivity contribution in [1.82, 2.24) is 9.62 Å². The molecule has 1 aliphatic heterocycles. The van der Waals surface area contributed by atoms with Crippen LogP contribution in [0.1, 0.15) is 30.1 Å². The van der Waals surface area contributed by atoms with Crippen LogP contribution < -0.4 is 10.6 Å². The van der Waals surface area contributed by atoms with Crippen LogP contribution in [0, 0.1) is 5.82 Å². The number of halogens is 1. The van der Waals surface area contributed by atoms with Crippen molar-refractivity contribution < 1.29 is 31.9 Å². The lowest BCUT2D eigenvalue weighted by Gasteiger charge is -2.23. The first kappa shape index (κ1) is 22.8. The van der Waals surface area contributed by atoms with E-state index in [0.717, 1.165) is 39.9 Å². The summed E-state index contributed by atoms with van der Waals surface area (Å²) < 4.78 is 44.8. The van der Waals surface area contributed by atoms with Crippen LogP contribution in [0.15, 0.2) is 40.6 Å². The van der Waals surface area contributed by atoms with Gasteiger partial charge < -0.3 is 10.1 Å². The maximum Gasteiger partial charge on any atom is 0.414 e. The number of carbonyl (C=O) groups is 3. The molecule has 0 bridgehead atoms. The number of anilines is 1. The molecule has 1 saturated heterocycles. The molecule has 1 fully saturated rings. The zero-order valence-corrected chi connectivity index (χ0v) is 18.1. The highest BCUT2D eigenvalue weighted by Crippen LogP contribution is 2.29. The highest BCUT2D eigenvalue weighted by Gasteiger charge is 2.39. The number of nitrogens with one attached hydrogen (secondary N) is 2. The first-order valence-electron chi connectivity index (χ1n) is 9.38. The van der Waals surface area contributed by atoms with Crippen molar-refractivity contribution in [3.8, 4) is 0 Å². The Hall–Kier alpha value is -2.83. The third-order valence-corrected chi connectivity index (χ3v) is 7.32. The Bertz CT molecular complexity index is 1080. The van der Waals surface area contributed by atoms with Gasteiger partial charge in [0.2, 0.25) is 15.9 Å². The van der Waals surface area contributed by atoms with Gasteiger partial charge in [-0.1, -0.05) is 0 Å². The van der Waals surface area contributed by atoms with Gasteiger partial charge in [0.25, 0.3) is 5.91 Å². The summed E-state index contributed by atoms with van der Waals surface area (Å²) in [5.74, 6) is -1.92. The van der Waals surface area contributed by atoms with E-state index in [1.165, 1.54) is 6.07 Å². The summed E-state index contributed by atoms with van der Waals surface area (Å²) in [6, 6.07) is 4.81. The van der Waals surface area contributed by atoms with Gasteiger partial charge >= 0.3 is 6.09 Å². The Kier molecular flexibility index (Phi) is 7.03. The van der Waals surface area contributed by atoms with E-state index in [1.54, 1.807) is 12.3 Å². The zero-order valence-electron chi connectivity index (χ0n) is 16.5. The molecule has 1 atom stereocenters. The molecule has 9 nitrogen and oxygen atoms in total. The Morgan fingerprint density at radius 3 is 2.61 bits per heavy atom. The lowest BCUT2D eigenvalue weighted by atomic mass is 10.2. The van der Waals surface area contributed by atoms with Crippen molar-refractivity contribution in [2.24, 2.45) is 0 Å². The molecule has 0 aliphatic carbocycles. The van der Waals surface area contributed by atoms with Gasteiger partial charge in [-0.05, 0) is 55.5 Å². The number of sulfonamides is 1. The fourth-order valence-corrected chi connectivity index (χ4v) is 5.58. The van der Waals surface area contributed by atoms with E-state index >= 15 is 0 Å². The summed E-state index contributed by atoms with van der Waals surface area (Å²) in [6.45, 7) is 1.82. The van der Waals surface area contributed by atoms with Gasteiger partial charge in [-0.3, -0.25) is 14.9 Å². The van der Waals surface area contributed by atoms with E-state index in [2.05, 4.69) is 10.1 Å². The summed E-state index contributed by atoms with van der Waals surface area (Å²) >= 11 is 1.06. The number of nitrogens with zero attached hydrogens (tertiary/aromatic N) is 1. The summed E-state index contributed by atoms with van der Waals surface area (Å²) in [5, 5.41) is 6.36. The van der Waals surface area contributed by atoms with E-state index in [-0.39, 0.29) is 28.6 Å². The number of carbonyl (C=O) groups excluding carboxylic acids is 3. The van der Waals surface area contributed by atoms with Crippen LogP contribution in [0.25, 0.3) is 0 Å². The van der Waals surface area contributed by atoms with E-state index < -0.39 is 39.8 Å². The predicted octanol–water partition coefficient (Wildman–Crippen LogP) is 2.57. The molecule has 1 aliphatic rings. The molecule has 1 aromatic heterocycles. The van der Waals surface area contributed by atoms with Crippen molar-refractivity contribution in [2.45, 2.75) is 30.7 Å². The van der Waals surface area contributed by atoms with Gasteiger partial charge in [-0.15, -0.1) is 11.3 Å². The fourth-order valence-electron chi connectivity index (χ4n) is 3.14. The smallest absolute Gasteiger partial charge is 0.414 e. The highest BCUT2D eigenvalue weighted by molar-refractivity contribution is 7.89. The van der Waals surface area contributed by atoms with Crippen LogP contribution in [0.3, 0.4) is 0 Å². The van der Waals surface area contributed by atoms with Gasteiger partial charge in [0.1, 0.15) is 16.9 Å². The maximum atomic E-state index is 13.2. The number of imide groups is 1. The second-order valence-electron chi connectivity index (χ2n) is 6.55. The second-order valence-corrected chi connectivity index (χ2v) is 9.36. The number of amides is 3. The van der Waals surface area contributed by atoms with Crippen molar-refractivity contribution in [2.75, 3.05) is 18.5 Å². The molecule has 166 valence electrons. The number of ether oxygens (including phenoxy) is 1. The van der Waals surface area contributed by atoms with Crippen LogP contribution in [-0.2, 0) is 19.6 Å². The highest BCUT2D eigenvalue weighted by atomic mass is 32.2. The molecule has 31 heavy (non-hydrogen) atoms. The van der Waals surface area contributed by atoms with Gasteiger partial charge in [-0.2, -0.15) is 4.31 Å². The quantitative estimate of drug-likeness (QED) is 0.671. The van der Waals surface area contributed by atoms with Gasteiger partial charge in [-0.25, -0.2) is 17.6 Å². The Morgan fingerprint density at radius 1 is 1.23 bits per heavy atom. The Labute approximate surface area is 182 Å². The standard InChI is InChI=1S/C19H20FN3O6S2/c1-2-29-19(26)22-16(24)14-9-11-30-18(14)21-17(25)15-4-3-10-23(15)31(27,28)13-7-5-12(20)6-8-13/h5-9,11,15H,2-4,10H2,1H3,(H,21,25)(H,22,24,26). The Morgan fingerprint density at radius 2 is 1.94 bits per heavy atom. The number of hydrogen-bond acceptors (Lipinski definition) is 7. The SMILES string of the molecule is CCOC(=O)NC(=O)c1ccsc1NC(=O)C1CCCN1S(=O)(=O)c1ccc(F)cc1. The van der Waals surface area contributed by atoms with Crippen LogP contribution in [0.5, 0.6) is 0 Å². The number of thiophene rings is 1. The van der Waals surface area contributed by atoms with Crippen LogP contribution in [-0.4, -0.2) is 49.8 Å². The lowest BCUT2D eigenvalue weighted by Crippen LogP contribution is -2.43. The van der Waals surface area contributed by atoms with E-state index in [1.807, 2.05) is 5.32 Å². The molecule has 1 unspecified atom stereocenters. The number of rotatable bonds is 6. The van der Waals surface area contributed by atoms with Gasteiger partial charge in [0, 0.05) is 6.54 Å². The van der Waals surface area contributed by atoms with E-state index in [9.17, 15) is 27.2 Å². The lowest BCUT2D eigenvalue weighted by molar-refractivity contribution is -0.119. The topological polar surface area (TPSA) is 122 Å². The normalized spacial score (nSPS) is 16.6. The third-order valence-electron chi connectivity index (χ3n) is 4.56. The molecule has 0 spiro atoms.